The van der Waals surface area contributed by atoms with Crippen LogP contribution in [-0.2, 0) is 0 Å². The van der Waals surface area contributed by atoms with E-state index >= 15 is 0 Å². The molecule has 87 valence electrons. The van der Waals surface area contributed by atoms with Gasteiger partial charge in [-0.05, 0) is 12.1 Å². The number of benzene rings is 1. The summed E-state index contributed by atoms with van der Waals surface area (Å²) in [6.45, 7) is 2.05. The smallest absolute Gasteiger partial charge is 0.422 e. The van der Waals surface area contributed by atoms with Gasteiger partial charge in [-0.15, -0.1) is 0 Å². The van der Waals surface area contributed by atoms with Gasteiger partial charge in [0.05, 0.1) is 7.11 Å². The largest absolute Gasteiger partial charge is 0.492 e. The van der Waals surface area contributed by atoms with Crippen LogP contribution in [-0.4, -0.2) is 19.9 Å². The average molecular weight is 231 g/mol. The topological polar surface area (TPSA) is 18.5 Å². The highest BCUT2D eigenvalue weighted by atomic mass is 19.4. The Labute approximate surface area is 91.3 Å². The molecule has 0 amide bonds. The number of halogens is 3. The fourth-order valence-electron chi connectivity index (χ4n) is 1.14. The number of hydrogen-bond acceptors (Lipinski definition) is 2. The molecule has 0 atom stereocenters. The van der Waals surface area contributed by atoms with Gasteiger partial charge in [-0.2, -0.15) is 13.2 Å². The van der Waals surface area contributed by atoms with Crippen molar-refractivity contribution < 1.29 is 22.6 Å². The molecule has 0 saturated heterocycles. The third-order valence-corrected chi connectivity index (χ3v) is 1.76. The lowest BCUT2D eigenvalue weighted by molar-refractivity contribution is -0.153. The van der Waals surface area contributed by atoms with Crippen LogP contribution < -0.4 is 9.47 Å². The molecule has 16 heavy (non-hydrogen) atoms. The molecular weight excluding hydrogens is 221 g/mol. The van der Waals surface area contributed by atoms with Crippen LogP contribution in [0, 0.1) is 6.08 Å². The van der Waals surface area contributed by atoms with Crippen LogP contribution in [0.3, 0.4) is 0 Å². The first-order valence-corrected chi connectivity index (χ1v) is 4.37. The highest BCUT2D eigenvalue weighted by molar-refractivity contribution is 5.49. The van der Waals surface area contributed by atoms with Gasteiger partial charge in [-0.3, -0.25) is 0 Å². The molecule has 1 rings (SSSR count). The summed E-state index contributed by atoms with van der Waals surface area (Å²) >= 11 is 0. The molecule has 5 heteroatoms. The minimum absolute atomic E-state index is 0.0217. The quantitative estimate of drug-likeness (QED) is 0.793. The second kappa shape index (κ2) is 4.92. The molecule has 0 unspecified atom stereocenters. The Balaban J connectivity index is 2.91. The van der Waals surface area contributed by atoms with Gasteiger partial charge in [0.1, 0.15) is 0 Å². The Morgan fingerprint density at radius 2 is 2.06 bits per heavy atom. The molecule has 2 nitrogen and oxygen atoms in total. The number of ether oxygens (including phenoxy) is 2. The second-order valence-electron chi connectivity index (χ2n) is 2.92. The van der Waals surface area contributed by atoms with Gasteiger partial charge in [-0.1, -0.05) is 18.7 Å². The van der Waals surface area contributed by atoms with E-state index in [4.69, 9.17) is 4.74 Å². The van der Waals surface area contributed by atoms with E-state index in [2.05, 4.69) is 17.4 Å². The van der Waals surface area contributed by atoms with Crippen LogP contribution in [0.5, 0.6) is 11.5 Å². The maximum Gasteiger partial charge on any atom is 0.422 e. The molecule has 0 spiro atoms. The van der Waals surface area contributed by atoms with Crippen LogP contribution >= 0.6 is 0 Å². The normalized spacial score (nSPS) is 11.0. The first kappa shape index (κ1) is 12.4. The maximum atomic E-state index is 12.0. The highest BCUT2D eigenvalue weighted by Crippen LogP contribution is 2.32. The van der Waals surface area contributed by atoms with E-state index in [1.54, 1.807) is 12.1 Å². The van der Waals surface area contributed by atoms with Crippen molar-refractivity contribution in [1.82, 2.24) is 0 Å². The number of methoxy groups -OCH3 is 1. The zero-order valence-electron chi connectivity index (χ0n) is 8.60. The van der Waals surface area contributed by atoms with E-state index < -0.39 is 12.8 Å². The Hall–Kier alpha value is -1.65. The van der Waals surface area contributed by atoms with E-state index in [1.807, 2.05) is 0 Å². The molecule has 0 aliphatic rings. The lowest BCUT2D eigenvalue weighted by Crippen LogP contribution is -2.19. The zero-order valence-corrected chi connectivity index (χ0v) is 8.60. The Kier molecular flexibility index (Phi) is 3.82. The highest BCUT2D eigenvalue weighted by Gasteiger charge is 2.29. The molecule has 0 fully saturated rings. The monoisotopic (exact) mass is 231 g/mol. The van der Waals surface area contributed by atoms with Gasteiger partial charge >= 0.3 is 6.18 Å². The van der Waals surface area contributed by atoms with Crippen molar-refractivity contribution in [2.45, 2.75) is 6.18 Å². The van der Waals surface area contributed by atoms with Crippen LogP contribution in [0.1, 0.15) is 5.56 Å². The molecule has 0 aliphatic heterocycles. The lowest BCUT2D eigenvalue weighted by atomic mass is 10.2. The summed E-state index contributed by atoms with van der Waals surface area (Å²) in [7, 11) is 1.34. The summed E-state index contributed by atoms with van der Waals surface area (Å²) in [5, 5.41) is 0. The molecule has 1 radical (unpaired) electrons. The predicted octanol–water partition coefficient (Wildman–Crippen LogP) is 2.97. The SMILES string of the molecule is C=[C]c1cccc(OCC(F)(F)F)c1OC. The Bertz CT molecular complexity index is 372. The predicted molar refractivity (Wildman–Crippen MR) is 52.5 cm³/mol. The molecule has 1 aromatic carbocycles. The van der Waals surface area contributed by atoms with Crippen LogP contribution in [0.15, 0.2) is 24.8 Å². The Morgan fingerprint density at radius 1 is 1.38 bits per heavy atom. The van der Waals surface area contributed by atoms with Gasteiger partial charge in [-0.25, -0.2) is 0 Å². The first-order valence-electron chi connectivity index (χ1n) is 4.37. The van der Waals surface area contributed by atoms with Gasteiger partial charge in [0, 0.05) is 5.56 Å². The number of hydrogen-bond donors (Lipinski definition) is 0. The molecule has 0 aliphatic carbocycles. The fraction of sp³-hybridized carbons (Fsp3) is 0.273. The minimum atomic E-state index is -4.38. The fourth-order valence-corrected chi connectivity index (χ4v) is 1.14. The van der Waals surface area contributed by atoms with Crippen molar-refractivity contribution in [3.05, 3.63) is 36.4 Å². The van der Waals surface area contributed by atoms with Crippen molar-refractivity contribution in [3.8, 4) is 11.5 Å². The number of rotatable bonds is 4. The molecule has 0 heterocycles. The number of para-hydroxylation sites is 1. The van der Waals surface area contributed by atoms with Crippen molar-refractivity contribution in [1.29, 1.82) is 0 Å². The minimum Gasteiger partial charge on any atom is -0.492 e. The van der Waals surface area contributed by atoms with Gasteiger partial charge in [0.25, 0.3) is 0 Å². The molecule has 0 bridgehead atoms. The van der Waals surface area contributed by atoms with Crippen molar-refractivity contribution in [2.24, 2.45) is 0 Å². The molecule has 0 N–H and O–H groups in total. The maximum absolute atomic E-state index is 12.0. The van der Waals surface area contributed by atoms with E-state index in [9.17, 15) is 13.2 Å². The van der Waals surface area contributed by atoms with E-state index in [1.165, 1.54) is 13.2 Å². The standard InChI is InChI=1S/C11H10F3O2/c1-3-8-5-4-6-9(10(8)15-2)16-7-11(12,13)14/h4-6H,1,7H2,2H3. The van der Waals surface area contributed by atoms with Crippen LogP contribution in [0.2, 0.25) is 0 Å². The third-order valence-electron chi connectivity index (χ3n) is 1.76. The van der Waals surface area contributed by atoms with Crippen molar-refractivity contribution in [3.63, 3.8) is 0 Å². The summed E-state index contributed by atoms with van der Waals surface area (Å²) in [4.78, 5) is 0. The second-order valence-corrected chi connectivity index (χ2v) is 2.92. The van der Waals surface area contributed by atoms with Gasteiger partial charge < -0.3 is 9.47 Å². The van der Waals surface area contributed by atoms with Gasteiger partial charge in [0.15, 0.2) is 18.1 Å². The summed E-state index contributed by atoms with van der Waals surface area (Å²) in [6.07, 6.45) is -1.83. The molecule has 1 aromatic rings. The first-order chi connectivity index (χ1) is 7.48. The third kappa shape index (κ3) is 3.18. The summed E-state index contributed by atoms with van der Waals surface area (Å²) in [5.41, 5.74) is 0.460. The van der Waals surface area contributed by atoms with Crippen LogP contribution in [0.4, 0.5) is 13.2 Å². The lowest BCUT2D eigenvalue weighted by Gasteiger charge is -2.13. The summed E-state index contributed by atoms with van der Waals surface area (Å²) in [5.74, 6) is 0.218. The van der Waals surface area contributed by atoms with Crippen LogP contribution in [0.25, 0.3) is 0 Å². The molecule has 0 aromatic heterocycles. The summed E-state index contributed by atoms with van der Waals surface area (Å²) < 4.78 is 45.5. The molecular formula is C11H10F3O2. The number of alkyl halides is 3. The van der Waals surface area contributed by atoms with E-state index in [0.29, 0.717) is 5.56 Å². The molecule has 0 saturated carbocycles. The van der Waals surface area contributed by atoms with E-state index in [-0.39, 0.29) is 11.5 Å². The summed E-state index contributed by atoms with van der Waals surface area (Å²) in [6, 6.07) is 4.55. The van der Waals surface area contributed by atoms with Crippen molar-refractivity contribution in [2.75, 3.05) is 13.7 Å². The Morgan fingerprint density at radius 3 is 2.56 bits per heavy atom. The zero-order chi connectivity index (χ0) is 12.2. The van der Waals surface area contributed by atoms with E-state index in [0.717, 1.165) is 0 Å². The van der Waals surface area contributed by atoms with Gasteiger partial charge in [0.2, 0.25) is 0 Å². The van der Waals surface area contributed by atoms with Crippen molar-refractivity contribution >= 4 is 0 Å². The average Bonchev–Trinajstić information content (AvgIpc) is 2.24.